The number of aromatic nitrogens is 1. The second-order valence-corrected chi connectivity index (χ2v) is 14.0. The second kappa shape index (κ2) is 10.7. The Morgan fingerprint density at radius 1 is 1.05 bits per heavy atom. The summed E-state index contributed by atoms with van der Waals surface area (Å²) in [5.41, 5.74) is 2.72. The van der Waals surface area contributed by atoms with Crippen LogP contribution in [-0.4, -0.2) is 50.1 Å². The Bertz CT molecular complexity index is 1420. The summed E-state index contributed by atoms with van der Waals surface area (Å²) >= 11 is 6.12. The van der Waals surface area contributed by atoms with Gasteiger partial charge in [-0.1, -0.05) is 36.6 Å². The molecule has 1 aliphatic heterocycles. The molecular formula is C30H33ClN4O4S. The molecule has 0 unspecified atom stereocenters. The number of anilines is 1. The van der Waals surface area contributed by atoms with Crippen molar-refractivity contribution in [2.75, 3.05) is 29.5 Å². The molecule has 8 nitrogen and oxygen atoms in total. The van der Waals surface area contributed by atoms with Gasteiger partial charge >= 0.3 is 0 Å². The number of carbonyl (C=O) groups is 1. The molecule has 6 rings (SSSR count). The van der Waals surface area contributed by atoms with Crippen LogP contribution in [0.2, 0.25) is 5.02 Å². The van der Waals surface area contributed by atoms with Gasteiger partial charge < -0.3 is 14.6 Å². The summed E-state index contributed by atoms with van der Waals surface area (Å²) in [5, 5.41) is 13.2. The SMILES string of the molecule is N#CC1(NC(=O)[C@@H]2CCCC[C@H]2c2oc(-c3ccc(Cl)cc3)nc2-c2ccc(N3CCS(O)(O)CC3)cc2)CC1. The minimum atomic E-state index is -2.46. The summed E-state index contributed by atoms with van der Waals surface area (Å²) in [4.78, 5) is 20.6. The van der Waals surface area contributed by atoms with Gasteiger partial charge in [-0.2, -0.15) is 15.9 Å². The van der Waals surface area contributed by atoms with Gasteiger partial charge in [0.15, 0.2) is 0 Å². The van der Waals surface area contributed by atoms with Crippen molar-refractivity contribution >= 4 is 33.8 Å². The molecular weight excluding hydrogens is 548 g/mol. The zero-order valence-corrected chi connectivity index (χ0v) is 23.8. The number of benzene rings is 2. The second-order valence-electron chi connectivity index (χ2n) is 11.2. The predicted molar refractivity (Wildman–Crippen MR) is 158 cm³/mol. The highest BCUT2D eigenvalue weighted by molar-refractivity contribution is 8.24. The standard InChI is InChI=1S/C30H33ClN4O4S/c31-22-9-5-21(6-10-22)29-33-26(20-7-11-23(12-8-20)35-15-17-40(37,38)18-16-35)27(39-29)24-3-1-2-4-25(24)28(36)34-30(19-32)13-14-30/h5-12,24-25,37-38H,1-4,13-18H2,(H,34,36)/t24-,25-/m1/s1. The van der Waals surface area contributed by atoms with Crippen molar-refractivity contribution in [2.45, 2.75) is 50.0 Å². The van der Waals surface area contributed by atoms with E-state index in [9.17, 15) is 19.2 Å². The first-order valence-electron chi connectivity index (χ1n) is 13.8. The van der Waals surface area contributed by atoms with Gasteiger partial charge in [0.25, 0.3) is 0 Å². The van der Waals surface area contributed by atoms with E-state index in [1.165, 1.54) is 0 Å². The minimum absolute atomic E-state index is 0.0782. The zero-order valence-electron chi connectivity index (χ0n) is 22.2. The summed E-state index contributed by atoms with van der Waals surface area (Å²) in [6, 6.07) is 17.7. The lowest BCUT2D eigenvalue weighted by atomic mass is 9.76. The Kier molecular flexibility index (Phi) is 7.30. The van der Waals surface area contributed by atoms with Crippen LogP contribution in [0.25, 0.3) is 22.7 Å². The first-order chi connectivity index (χ1) is 19.3. The molecule has 40 heavy (non-hydrogen) atoms. The lowest BCUT2D eigenvalue weighted by Gasteiger charge is -2.41. The normalized spacial score (nSPS) is 24.1. The van der Waals surface area contributed by atoms with E-state index in [0.29, 0.717) is 54.1 Å². The number of hydrogen-bond donors (Lipinski definition) is 3. The summed E-state index contributed by atoms with van der Waals surface area (Å²) in [7, 11) is -2.46. The van der Waals surface area contributed by atoms with Gasteiger partial charge in [-0.3, -0.25) is 13.9 Å². The Balaban J connectivity index is 1.34. The van der Waals surface area contributed by atoms with Crippen LogP contribution in [0.3, 0.4) is 0 Å². The van der Waals surface area contributed by atoms with Gasteiger partial charge in [0, 0.05) is 46.8 Å². The predicted octanol–water partition coefficient (Wildman–Crippen LogP) is 6.68. The average Bonchev–Trinajstić information content (AvgIpc) is 3.60. The molecule has 1 aromatic heterocycles. The highest BCUT2D eigenvalue weighted by Crippen LogP contribution is 2.45. The van der Waals surface area contributed by atoms with E-state index in [4.69, 9.17) is 21.0 Å². The Morgan fingerprint density at radius 2 is 1.70 bits per heavy atom. The van der Waals surface area contributed by atoms with E-state index >= 15 is 0 Å². The van der Waals surface area contributed by atoms with E-state index in [2.05, 4.69) is 16.3 Å². The van der Waals surface area contributed by atoms with Crippen molar-refractivity contribution < 1.29 is 18.3 Å². The average molecular weight is 581 g/mol. The largest absolute Gasteiger partial charge is 0.440 e. The zero-order chi connectivity index (χ0) is 27.9. The molecule has 1 amide bonds. The van der Waals surface area contributed by atoms with E-state index in [1.807, 2.05) is 36.4 Å². The fourth-order valence-electron chi connectivity index (χ4n) is 5.80. The summed E-state index contributed by atoms with van der Waals surface area (Å²) in [5.74, 6) is 1.41. The van der Waals surface area contributed by atoms with Crippen LogP contribution in [0.1, 0.15) is 50.2 Å². The summed E-state index contributed by atoms with van der Waals surface area (Å²) in [6.07, 6.45) is 4.88. The third kappa shape index (κ3) is 5.59. The van der Waals surface area contributed by atoms with Crippen molar-refractivity contribution in [3.63, 3.8) is 0 Å². The molecule has 3 fully saturated rings. The molecule has 0 spiro atoms. The number of halogens is 1. The minimum Gasteiger partial charge on any atom is -0.440 e. The van der Waals surface area contributed by atoms with E-state index in [0.717, 1.165) is 48.2 Å². The fourth-order valence-corrected chi connectivity index (χ4v) is 7.15. The van der Waals surface area contributed by atoms with Crippen molar-refractivity contribution in [3.05, 3.63) is 59.3 Å². The highest BCUT2D eigenvalue weighted by atomic mass is 35.5. The van der Waals surface area contributed by atoms with Gasteiger partial charge in [0.2, 0.25) is 11.8 Å². The summed E-state index contributed by atoms with van der Waals surface area (Å²) < 4.78 is 26.5. The molecule has 1 saturated heterocycles. The molecule has 3 N–H and O–H groups in total. The number of rotatable bonds is 6. The number of nitriles is 1. The molecule has 2 aromatic carbocycles. The van der Waals surface area contributed by atoms with Gasteiger partial charge in [-0.25, -0.2) is 4.98 Å². The van der Waals surface area contributed by atoms with Gasteiger partial charge in [-0.05, 0) is 62.1 Å². The Labute approximate surface area is 240 Å². The quantitative estimate of drug-likeness (QED) is 0.297. The molecule has 2 heterocycles. The molecule has 2 aliphatic carbocycles. The third-order valence-electron chi connectivity index (χ3n) is 8.39. The van der Waals surface area contributed by atoms with Gasteiger partial charge in [-0.15, -0.1) is 0 Å². The molecule has 2 atom stereocenters. The maximum absolute atomic E-state index is 13.4. The smallest absolute Gasteiger partial charge is 0.226 e. The number of nitrogens with one attached hydrogen (secondary N) is 1. The number of carbonyl (C=O) groups excluding carboxylic acids is 1. The maximum atomic E-state index is 13.4. The van der Waals surface area contributed by atoms with E-state index < -0.39 is 16.1 Å². The number of amides is 1. The van der Waals surface area contributed by atoms with Crippen molar-refractivity contribution in [1.82, 2.24) is 10.3 Å². The van der Waals surface area contributed by atoms with Gasteiger partial charge in [0.05, 0.1) is 17.6 Å². The topological polar surface area (TPSA) is 123 Å². The van der Waals surface area contributed by atoms with E-state index in [-0.39, 0.29) is 17.7 Å². The number of hydrogen-bond acceptors (Lipinski definition) is 7. The molecule has 3 aliphatic rings. The Hall–Kier alpha value is -3.03. The molecule has 2 saturated carbocycles. The van der Waals surface area contributed by atoms with Gasteiger partial charge in [0.1, 0.15) is 17.0 Å². The molecule has 210 valence electrons. The first-order valence-corrected chi connectivity index (χ1v) is 16.1. The lowest BCUT2D eigenvalue weighted by Crippen LogP contribution is -2.42. The third-order valence-corrected chi connectivity index (χ3v) is 10.3. The highest BCUT2D eigenvalue weighted by Gasteiger charge is 2.47. The number of nitrogens with zero attached hydrogens (tertiary/aromatic N) is 3. The number of oxazole rings is 1. The maximum Gasteiger partial charge on any atom is 0.226 e. The van der Waals surface area contributed by atoms with Crippen LogP contribution >= 0.6 is 22.2 Å². The molecule has 3 aromatic rings. The van der Waals surface area contributed by atoms with Crippen LogP contribution in [0.5, 0.6) is 0 Å². The molecule has 0 bridgehead atoms. The lowest BCUT2D eigenvalue weighted by molar-refractivity contribution is -0.127. The van der Waals surface area contributed by atoms with Crippen LogP contribution in [0.4, 0.5) is 5.69 Å². The van der Waals surface area contributed by atoms with Crippen molar-refractivity contribution in [2.24, 2.45) is 5.92 Å². The molecule has 10 heteroatoms. The Morgan fingerprint density at radius 3 is 2.35 bits per heavy atom. The van der Waals surface area contributed by atoms with Crippen LogP contribution < -0.4 is 10.2 Å². The monoisotopic (exact) mass is 580 g/mol. The van der Waals surface area contributed by atoms with Crippen molar-refractivity contribution in [1.29, 1.82) is 5.26 Å². The van der Waals surface area contributed by atoms with Crippen LogP contribution in [0, 0.1) is 17.2 Å². The van der Waals surface area contributed by atoms with Crippen molar-refractivity contribution in [3.8, 4) is 28.8 Å². The van der Waals surface area contributed by atoms with Crippen LogP contribution in [-0.2, 0) is 4.79 Å². The van der Waals surface area contributed by atoms with Crippen LogP contribution in [0.15, 0.2) is 52.9 Å². The fraction of sp³-hybridized carbons (Fsp3) is 0.433. The van der Waals surface area contributed by atoms with E-state index in [1.54, 1.807) is 12.1 Å². The first kappa shape index (κ1) is 27.2. The summed E-state index contributed by atoms with van der Waals surface area (Å²) in [6.45, 7) is 1.20. The molecule has 0 radical (unpaired) electrons.